The fraction of sp³-hybridized carbons (Fsp3) is 0.417. The topological polar surface area (TPSA) is 58.6 Å². The summed E-state index contributed by atoms with van der Waals surface area (Å²) < 4.78 is 5.70. The number of hydrogen-bond donors (Lipinski definition) is 2. The SMILES string of the molecule is CC(=O)NC(C)C1Cc2cc(O)ccc2O1. The van der Waals surface area contributed by atoms with Crippen molar-refractivity contribution in [2.75, 3.05) is 0 Å². The maximum Gasteiger partial charge on any atom is 0.217 e. The van der Waals surface area contributed by atoms with Crippen LogP contribution in [0.4, 0.5) is 0 Å². The van der Waals surface area contributed by atoms with Crippen molar-refractivity contribution in [1.29, 1.82) is 0 Å². The molecule has 4 nitrogen and oxygen atoms in total. The van der Waals surface area contributed by atoms with Gasteiger partial charge >= 0.3 is 0 Å². The van der Waals surface area contributed by atoms with Gasteiger partial charge < -0.3 is 15.2 Å². The molecule has 1 heterocycles. The van der Waals surface area contributed by atoms with Gasteiger partial charge in [-0.15, -0.1) is 0 Å². The number of nitrogens with one attached hydrogen (secondary N) is 1. The Labute approximate surface area is 94.2 Å². The molecule has 86 valence electrons. The van der Waals surface area contributed by atoms with Gasteiger partial charge in [-0.3, -0.25) is 4.79 Å². The van der Waals surface area contributed by atoms with Gasteiger partial charge in [-0.05, 0) is 25.1 Å². The Morgan fingerprint density at radius 1 is 1.62 bits per heavy atom. The van der Waals surface area contributed by atoms with E-state index in [-0.39, 0.29) is 23.8 Å². The number of rotatable bonds is 2. The number of phenolic OH excluding ortho intramolecular Hbond substituents is 1. The second-order valence-corrected chi connectivity index (χ2v) is 4.14. The summed E-state index contributed by atoms with van der Waals surface area (Å²) in [6, 6.07) is 5.03. The minimum Gasteiger partial charge on any atom is -0.508 e. The molecule has 1 aliphatic rings. The molecule has 1 aliphatic heterocycles. The first-order chi connectivity index (χ1) is 7.56. The van der Waals surface area contributed by atoms with Crippen molar-refractivity contribution in [2.45, 2.75) is 32.4 Å². The van der Waals surface area contributed by atoms with E-state index in [0.717, 1.165) is 11.3 Å². The molecule has 2 rings (SSSR count). The minimum absolute atomic E-state index is 0.0351. The van der Waals surface area contributed by atoms with Crippen molar-refractivity contribution in [1.82, 2.24) is 5.32 Å². The third-order valence-electron chi connectivity index (χ3n) is 2.73. The molecule has 4 heteroatoms. The third-order valence-corrected chi connectivity index (χ3v) is 2.73. The maximum absolute atomic E-state index is 10.9. The first-order valence-corrected chi connectivity index (χ1v) is 5.32. The number of benzene rings is 1. The van der Waals surface area contributed by atoms with Crippen molar-refractivity contribution in [3.8, 4) is 11.5 Å². The number of fused-ring (bicyclic) bond motifs is 1. The van der Waals surface area contributed by atoms with Crippen LogP contribution < -0.4 is 10.1 Å². The summed E-state index contributed by atoms with van der Waals surface area (Å²) in [5, 5.41) is 12.1. The Balaban J connectivity index is 2.07. The maximum atomic E-state index is 10.9. The van der Waals surface area contributed by atoms with Crippen molar-refractivity contribution in [3.05, 3.63) is 23.8 Å². The first kappa shape index (κ1) is 10.8. The fourth-order valence-electron chi connectivity index (χ4n) is 1.95. The summed E-state index contributed by atoms with van der Waals surface area (Å²) in [5.41, 5.74) is 0.988. The second-order valence-electron chi connectivity index (χ2n) is 4.14. The summed E-state index contributed by atoms with van der Waals surface area (Å²) in [7, 11) is 0. The van der Waals surface area contributed by atoms with Gasteiger partial charge in [0.25, 0.3) is 0 Å². The molecule has 0 radical (unpaired) electrons. The molecule has 1 amide bonds. The highest BCUT2D eigenvalue weighted by Gasteiger charge is 2.28. The van der Waals surface area contributed by atoms with Crippen LogP contribution in [-0.2, 0) is 11.2 Å². The standard InChI is InChI=1S/C12H15NO3/c1-7(13-8(2)14)12-6-9-5-10(15)3-4-11(9)16-12/h3-5,7,12,15H,6H2,1-2H3,(H,13,14). The quantitative estimate of drug-likeness (QED) is 0.789. The molecular weight excluding hydrogens is 206 g/mol. The fourth-order valence-corrected chi connectivity index (χ4v) is 1.95. The predicted molar refractivity (Wildman–Crippen MR) is 59.5 cm³/mol. The number of carbonyl (C=O) groups excluding carboxylic acids is 1. The van der Waals surface area contributed by atoms with Crippen LogP contribution in [0.25, 0.3) is 0 Å². The van der Waals surface area contributed by atoms with Crippen LogP contribution in [0.1, 0.15) is 19.4 Å². The average Bonchev–Trinajstić information content (AvgIpc) is 2.59. The number of phenols is 1. The highest BCUT2D eigenvalue weighted by molar-refractivity contribution is 5.73. The van der Waals surface area contributed by atoms with Crippen molar-refractivity contribution in [2.24, 2.45) is 0 Å². The second kappa shape index (κ2) is 4.04. The lowest BCUT2D eigenvalue weighted by molar-refractivity contribution is -0.120. The number of carbonyl (C=O) groups is 1. The highest BCUT2D eigenvalue weighted by atomic mass is 16.5. The van der Waals surface area contributed by atoms with Crippen molar-refractivity contribution in [3.63, 3.8) is 0 Å². The number of aromatic hydroxyl groups is 1. The lowest BCUT2D eigenvalue weighted by atomic mass is 10.1. The van der Waals surface area contributed by atoms with E-state index in [1.807, 2.05) is 6.92 Å². The summed E-state index contributed by atoms with van der Waals surface area (Å²) in [5.74, 6) is 0.977. The molecule has 16 heavy (non-hydrogen) atoms. The molecule has 1 aromatic carbocycles. The van der Waals surface area contributed by atoms with E-state index in [4.69, 9.17) is 4.74 Å². The Kier molecular flexibility index (Phi) is 2.73. The van der Waals surface area contributed by atoms with Gasteiger partial charge in [0.1, 0.15) is 17.6 Å². The smallest absolute Gasteiger partial charge is 0.217 e. The van der Waals surface area contributed by atoms with Crippen LogP contribution in [-0.4, -0.2) is 23.2 Å². The summed E-state index contributed by atoms with van der Waals surface area (Å²) in [6.07, 6.45) is 0.659. The van der Waals surface area contributed by atoms with Crippen molar-refractivity contribution >= 4 is 5.91 Å². The van der Waals surface area contributed by atoms with Gasteiger partial charge in [0.2, 0.25) is 5.91 Å². The van der Waals surface area contributed by atoms with E-state index < -0.39 is 0 Å². The summed E-state index contributed by atoms with van der Waals surface area (Å²) in [6.45, 7) is 3.40. The molecule has 0 saturated carbocycles. The van der Waals surface area contributed by atoms with Crippen LogP contribution in [0.5, 0.6) is 11.5 Å². The van der Waals surface area contributed by atoms with Crippen LogP contribution in [0.3, 0.4) is 0 Å². The third kappa shape index (κ3) is 2.10. The lowest BCUT2D eigenvalue weighted by Gasteiger charge is -2.19. The van der Waals surface area contributed by atoms with Crippen LogP contribution in [0, 0.1) is 0 Å². The highest BCUT2D eigenvalue weighted by Crippen LogP contribution is 2.32. The van der Waals surface area contributed by atoms with Crippen molar-refractivity contribution < 1.29 is 14.6 Å². The summed E-state index contributed by atoms with van der Waals surface area (Å²) in [4.78, 5) is 10.9. The Bertz CT molecular complexity index is 417. The molecule has 0 saturated heterocycles. The molecule has 1 aromatic rings. The number of ether oxygens (including phenoxy) is 1. The van der Waals surface area contributed by atoms with E-state index in [9.17, 15) is 9.90 Å². The molecule has 0 bridgehead atoms. The first-order valence-electron chi connectivity index (χ1n) is 5.32. The van der Waals surface area contributed by atoms with E-state index in [2.05, 4.69) is 5.32 Å². The summed E-state index contributed by atoms with van der Waals surface area (Å²) >= 11 is 0. The average molecular weight is 221 g/mol. The molecule has 0 aliphatic carbocycles. The Hall–Kier alpha value is -1.71. The zero-order valence-corrected chi connectivity index (χ0v) is 9.36. The van der Waals surface area contributed by atoms with Crippen LogP contribution >= 0.6 is 0 Å². The minimum atomic E-state index is -0.0603. The molecular formula is C12H15NO3. The monoisotopic (exact) mass is 221 g/mol. The lowest BCUT2D eigenvalue weighted by Crippen LogP contribution is -2.42. The van der Waals surface area contributed by atoms with Gasteiger partial charge in [0.05, 0.1) is 6.04 Å². The number of amides is 1. The van der Waals surface area contributed by atoms with E-state index >= 15 is 0 Å². The van der Waals surface area contributed by atoms with E-state index in [1.54, 1.807) is 18.2 Å². The molecule has 0 spiro atoms. The Morgan fingerprint density at radius 3 is 3.06 bits per heavy atom. The Morgan fingerprint density at radius 2 is 2.38 bits per heavy atom. The van der Waals surface area contributed by atoms with Crippen LogP contribution in [0.2, 0.25) is 0 Å². The van der Waals surface area contributed by atoms with Gasteiger partial charge in [-0.2, -0.15) is 0 Å². The molecule has 0 aromatic heterocycles. The molecule has 2 atom stereocenters. The molecule has 2 unspecified atom stereocenters. The largest absolute Gasteiger partial charge is 0.508 e. The van der Waals surface area contributed by atoms with Gasteiger partial charge in [0, 0.05) is 18.9 Å². The zero-order valence-electron chi connectivity index (χ0n) is 9.36. The molecule has 0 fully saturated rings. The molecule has 2 N–H and O–H groups in total. The van der Waals surface area contributed by atoms with E-state index in [1.165, 1.54) is 6.92 Å². The normalized spacial score (nSPS) is 19.8. The zero-order chi connectivity index (χ0) is 11.7. The van der Waals surface area contributed by atoms with Gasteiger partial charge in [-0.25, -0.2) is 0 Å². The van der Waals surface area contributed by atoms with Crippen LogP contribution in [0.15, 0.2) is 18.2 Å². The van der Waals surface area contributed by atoms with Gasteiger partial charge in [0.15, 0.2) is 0 Å². The number of hydrogen-bond acceptors (Lipinski definition) is 3. The predicted octanol–water partition coefficient (Wildman–Crippen LogP) is 1.22. The van der Waals surface area contributed by atoms with Gasteiger partial charge in [-0.1, -0.05) is 0 Å². The van der Waals surface area contributed by atoms with E-state index in [0.29, 0.717) is 6.42 Å².